The van der Waals surface area contributed by atoms with Crippen molar-refractivity contribution in [2.75, 3.05) is 17.7 Å². The van der Waals surface area contributed by atoms with Gasteiger partial charge in [-0.3, -0.25) is 14.4 Å². The highest BCUT2D eigenvalue weighted by molar-refractivity contribution is 6.11. The lowest BCUT2D eigenvalue weighted by atomic mass is 10.1. The number of carbonyl (C=O) groups is 4. The molecule has 3 rings (SSSR count). The van der Waals surface area contributed by atoms with E-state index in [1.54, 1.807) is 18.2 Å². The lowest BCUT2D eigenvalue weighted by Gasteiger charge is -2.08. The van der Waals surface area contributed by atoms with Crippen molar-refractivity contribution >= 4 is 46.0 Å². The van der Waals surface area contributed by atoms with Crippen LogP contribution in [-0.2, 0) is 14.3 Å². The van der Waals surface area contributed by atoms with E-state index in [4.69, 9.17) is 5.26 Å². The third-order valence-corrected chi connectivity index (χ3v) is 4.33. The number of hydrogen-bond donors (Lipinski definition) is 4. The number of carboxylic acid groups (broad SMARTS) is 1. The van der Waals surface area contributed by atoms with Crippen LogP contribution in [0.1, 0.15) is 32.8 Å². The second-order valence-corrected chi connectivity index (χ2v) is 6.39. The molecule has 2 aromatic carbocycles. The molecule has 0 aliphatic carbocycles. The van der Waals surface area contributed by atoms with E-state index in [9.17, 15) is 24.3 Å². The molecule has 0 aliphatic rings. The van der Waals surface area contributed by atoms with Gasteiger partial charge in [-0.25, -0.2) is 4.79 Å². The average Bonchev–Trinajstić information content (AvgIpc) is 3.19. The number of benzene rings is 2. The first kappa shape index (κ1) is 21.1. The third-order valence-electron chi connectivity index (χ3n) is 4.33. The smallest absolute Gasteiger partial charge is 0.337 e. The van der Waals surface area contributed by atoms with Gasteiger partial charge >= 0.3 is 11.9 Å². The summed E-state index contributed by atoms with van der Waals surface area (Å²) < 4.78 is 4.46. The van der Waals surface area contributed by atoms with E-state index in [0.717, 1.165) is 6.07 Å². The number of aromatic carboxylic acids is 1. The minimum Gasteiger partial charge on any atom is -0.478 e. The molecular weight excluding hydrogens is 404 g/mol. The molecule has 0 saturated carbocycles. The SMILES string of the molecule is COC(=O)CC(=O)Nc1cccc2cc(C(=O)Nc3ccc(C#N)cc3C(=O)O)[nH]c12. The highest BCUT2D eigenvalue weighted by Crippen LogP contribution is 2.25. The lowest BCUT2D eigenvalue weighted by Crippen LogP contribution is -2.17. The fourth-order valence-electron chi connectivity index (χ4n) is 2.87. The van der Waals surface area contributed by atoms with Crippen LogP contribution < -0.4 is 10.6 Å². The Morgan fingerprint density at radius 1 is 1.10 bits per heavy atom. The van der Waals surface area contributed by atoms with E-state index in [1.165, 1.54) is 25.3 Å². The first-order chi connectivity index (χ1) is 14.8. The first-order valence-corrected chi connectivity index (χ1v) is 8.89. The number of ether oxygens (including phenoxy) is 1. The van der Waals surface area contributed by atoms with Crippen LogP contribution in [0.3, 0.4) is 0 Å². The number of para-hydroxylation sites is 1. The zero-order valence-electron chi connectivity index (χ0n) is 16.2. The Labute approximate surface area is 175 Å². The molecule has 0 radical (unpaired) electrons. The van der Waals surface area contributed by atoms with E-state index >= 15 is 0 Å². The number of nitriles is 1. The summed E-state index contributed by atoms with van der Waals surface area (Å²) in [7, 11) is 1.18. The number of fused-ring (bicyclic) bond motifs is 1. The van der Waals surface area contributed by atoms with Gasteiger partial charge in [0.25, 0.3) is 5.91 Å². The van der Waals surface area contributed by atoms with Crippen LogP contribution in [0.15, 0.2) is 42.5 Å². The first-order valence-electron chi connectivity index (χ1n) is 8.89. The molecule has 0 atom stereocenters. The highest BCUT2D eigenvalue weighted by Gasteiger charge is 2.17. The van der Waals surface area contributed by atoms with Crippen molar-refractivity contribution < 1.29 is 29.0 Å². The summed E-state index contributed by atoms with van der Waals surface area (Å²) in [5.41, 5.74) is 0.874. The summed E-state index contributed by atoms with van der Waals surface area (Å²) in [4.78, 5) is 50.3. The highest BCUT2D eigenvalue weighted by atomic mass is 16.5. The molecule has 156 valence electrons. The van der Waals surface area contributed by atoms with Crippen LogP contribution in [0.4, 0.5) is 11.4 Å². The number of aromatic nitrogens is 1. The molecule has 10 heteroatoms. The van der Waals surface area contributed by atoms with Crippen LogP contribution in [0, 0.1) is 11.3 Å². The maximum atomic E-state index is 12.7. The molecule has 1 heterocycles. The number of H-pyrrole nitrogens is 1. The number of hydrogen-bond acceptors (Lipinski definition) is 6. The lowest BCUT2D eigenvalue weighted by molar-refractivity contribution is -0.142. The van der Waals surface area contributed by atoms with E-state index in [-0.39, 0.29) is 22.5 Å². The second kappa shape index (κ2) is 8.79. The second-order valence-electron chi connectivity index (χ2n) is 6.39. The van der Waals surface area contributed by atoms with Crippen LogP contribution in [0.5, 0.6) is 0 Å². The molecule has 31 heavy (non-hydrogen) atoms. The number of nitrogens with one attached hydrogen (secondary N) is 3. The number of nitrogens with zero attached hydrogens (tertiary/aromatic N) is 1. The topological polar surface area (TPSA) is 161 Å². The number of rotatable bonds is 6. The molecular formula is C21H16N4O6. The van der Waals surface area contributed by atoms with Gasteiger partial charge in [-0.2, -0.15) is 5.26 Å². The van der Waals surface area contributed by atoms with Crippen molar-refractivity contribution in [3.05, 3.63) is 59.3 Å². The van der Waals surface area contributed by atoms with Crippen LogP contribution in [0.2, 0.25) is 0 Å². The fraction of sp³-hybridized carbons (Fsp3) is 0.0952. The molecule has 0 fully saturated rings. The molecule has 3 aromatic rings. The van der Waals surface area contributed by atoms with E-state index in [0.29, 0.717) is 16.6 Å². The molecule has 0 unspecified atom stereocenters. The van der Waals surface area contributed by atoms with Crippen LogP contribution >= 0.6 is 0 Å². The van der Waals surface area contributed by atoms with Gasteiger partial charge in [-0.1, -0.05) is 12.1 Å². The largest absolute Gasteiger partial charge is 0.478 e. The number of esters is 1. The number of amides is 2. The van der Waals surface area contributed by atoms with Gasteiger partial charge in [0.15, 0.2) is 0 Å². The van der Waals surface area contributed by atoms with Crippen molar-refractivity contribution in [3.63, 3.8) is 0 Å². The summed E-state index contributed by atoms with van der Waals surface area (Å²) in [6.07, 6.45) is -0.461. The third kappa shape index (κ3) is 4.68. The Morgan fingerprint density at radius 2 is 1.87 bits per heavy atom. The normalized spacial score (nSPS) is 10.2. The molecule has 10 nitrogen and oxygen atoms in total. The maximum Gasteiger partial charge on any atom is 0.337 e. The monoisotopic (exact) mass is 420 g/mol. The summed E-state index contributed by atoms with van der Waals surface area (Å²) in [6.45, 7) is 0. The average molecular weight is 420 g/mol. The zero-order chi connectivity index (χ0) is 22.5. The van der Waals surface area contributed by atoms with E-state index < -0.39 is 30.2 Å². The number of carboxylic acids is 1. The molecule has 1 aromatic heterocycles. The van der Waals surface area contributed by atoms with Gasteiger partial charge in [-0.15, -0.1) is 0 Å². The van der Waals surface area contributed by atoms with Gasteiger partial charge in [0.2, 0.25) is 5.91 Å². The Hall–Kier alpha value is -4.65. The Kier molecular flexibility index (Phi) is 5.97. The molecule has 0 saturated heterocycles. The van der Waals surface area contributed by atoms with E-state index in [1.807, 2.05) is 6.07 Å². The maximum absolute atomic E-state index is 12.7. The summed E-state index contributed by atoms with van der Waals surface area (Å²) >= 11 is 0. The zero-order valence-corrected chi connectivity index (χ0v) is 16.2. The Morgan fingerprint density at radius 3 is 2.55 bits per heavy atom. The number of carbonyl (C=O) groups excluding carboxylic acids is 3. The van der Waals surface area contributed by atoms with Crippen molar-refractivity contribution in [1.82, 2.24) is 4.98 Å². The van der Waals surface area contributed by atoms with Crippen LogP contribution in [0.25, 0.3) is 10.9 Å². The minimum atomic E-state index is -1.29. The van der Waals surface area contributed by atoms with Crippen molar-refractivity contribution in [2.24, 2.45) is 0 Å². The van der Waals surface area contributed by atoms with Gasteiger partial charge in [-0.05, 0) is 30.3 Å². The number of anilines is 2. The Balaban J connectivity index is 1.87. The minimum absolute atomic E-state index is 0.0294. The Bertz CT molecular complexity index is 1250. The predicted octanol–water partition coefficient (Wildman–Crippen LogP) is 2.49. The summed E-state index contributed by atoms with van der Waals surface area (Å²) in [5.74, 6) is -3.17. The van der Waals surface area contributed by atoms with Gasteiger partial charge in [0, 0.05) is 5.39 Å². The number of aromatic amines is 1. The summed E-state index contributed by atoms with van der Waals surface area (Å²) in [6, 6.07) is 12.2. The number of methoxy groups -OCH3 is 1. The molecule has 0 bridgehead atoms. The standard InChI is InChI=1S/C21H16N4O6/c1-31-18(27)9-17(26)23-15-4-2-3-12-8-16(24-19(12)15)20(28)25-14-6-5-11(10-22)7-13(14)21(29)30/h2-8,24H,9H2,1H3,(H,23,26)(H,25,28)(H,29,30). The van der Waals surface area contributed by atoms with E-state index in [2.05, 4.69) is 20.4 Å². The predicted molar refractivity (Wildman–Crippen MR) is 110 cm³/mol. The van der Waals surface area contributed by atoms with Crippen molar-refractivity contribution in [1.29, 1.82) is 5.26 Å². The van der Waals surface area contributed by atoms with Gasteiger partial charge in [0.1, 0.15) is 12.1 Å². The molecule has 2 amide bonds. The van der Waals surface area contributed by atoms with Crippen LogP contribution in [-0.4, -0.2) is 41.0 Å². The van der Waals surface area contributed by atoms with Gasteiger partial charge < -0.3 is 25.5 Å². The van der Waals surface area contributed by atoms with Crippen molar-refractivity contribution in [2.45, 2.75) is 6.42 Å². The quantitative estimate of drug-likeness (QED) is 0.352. The summed E-state index contributed by atoms with van der Waals surface area (Å²) in [5, 5.41) is 24.0. The molecule has 0 aliphatic heterocycles. The fourth-order valence-corrected chi connectivity index (χ4v) is 2.87. The molecule has 0 spiro atoms. The van der Waals surface area contributed by atoms with Gasteiger partial charge in [0.05, 0.1) is 41.2 Å². The van der Waals surface area contributed by atoms with Crippen molar-refractivity contribution in [3.8, 4) is 6.07 Å². The molecule has 4 N–H and O–H groups in total.